The van der Waals surface area contributed by atoms with E-state index in [2.05, 4.69) is 22.0 Å². The Hall–Kier alpha value is -1.90. The summed E-state index contributed by atoms with van der Waals surface area (Å²) in [6, 6.07) is 11.6. The highest BCUT2D eigenvalue weighted by atomic mass is 19.1. The number of nitrogens with zero attached hydrogens (tertiary/aromatic N) is 2. The van der Waals surface area contributed by atoms with E-state index in [4.69, 9.17) is 0 Å². The van der Waals surface area contributed by atoms with Crippen LogP contribution >= 0.6 is 0 Å². The normalized spacial score (nSPS) is 13.9. The molecule has 0 amide bonds. The lowest BCUT2D eigenvalue weighted by Gasteiger charge is -2.17. The maximum absolute atomic E-state index is 13.0. The number of fused-ring (bicyclic) bond motifs is 1. The van der Waals surface area contributed by atoms with Crippen molar-refractivity contribution in [2.45, 2.75) is 13.1 Å². The Kier molecular flexibility index (Phi) is 2.10. The van der Waals surface area contributed by atoms with Gasteiger partial charge >= 0.3 is 0 Å². The number of hydrogen-bond donors (Lipinski definition) is 0. The molecule has 2 nitrogen and oxygen atoms in total. The molecule has 0 atom stereocenters. The van der Waals surface area contributed by atoms with Gasteiger partial charge < -0.3 is 4.90 Å². The van der Waals surface area contributed by atoms with Gasteiger partial charge in [0.2, 0.25) is 5.95 Å². The maximum atomic E-state index is 13.0. The highest BCUT2D eigenvalue weighted by Gasteiger charge is 2.18. The van der Waals surface area contributed by atoms with Crippen molar-refractivity contribution in [3.63, 3.8) is 0 Å². The summed E-state index contributed by atoms with van der Waals surface area (Å²) in [5.74, 6) is -0.423. The van der Waals surface area contributed by atoms with Crippen LogP contribution in [0.15, 0.2) is 42.6 Å². The zero-order valence-corrected chi connectivity index (χ0v) is 8.73. The first-order valence-corrected chi connectivity index (χ1v) is 5.26. The lowest BCUT2D eigenvalue weighted by Crippen LogP contribution is -2.14. The van der Waals surface area contributed by atoms with Gasteiger partial charge in [0.1, 0.15) is 0 Å². The molecule has 2 aromatic rings. The van der Waals surface area contributed by atoms with E-state index in [1.807, 2.05) is 18.2 Å². The van der Waals surface area contributed by atoms with Crippen molar-refractivity contribution in [1.29, 1.82) is 0 Å². The molecule has 0 spiro atoms. The molecule has 0 aliphatic carbocycles. The first kappa shape index (κ1) is 9.33. The molecule has 0 bridgehead atoms. The lowest BCUT2D eigenvalue weighted by molar-refractivity contribution is 0.583. The molecule has 80 valence electrons. The SMILES string of the molecule is Fc1cc(N2Cc3ccccc3C2)ccn1. The molecule has 1 aromatic carbocycles. The fraction of sp³-hybridized carbons (Fsp3) is 0.154. The molecule has 1 aliphatic heterocycles. The zero-order chi connectivity index (χ0) is 11.0. The van der Waals surface area contributed by atoms with Gasteiger partial charge in [-0.3, -0.25) is 0 Å². The van der Waals surface area contributed by atoms with E-state index in [-0.39, 0.29) is 0 Å². The quantitative estimate of drug-likeness (QED) is 0.678. The Labute approximate surface area is 93.4 Å². The Morgan fingerprint density at radius 1 is 1.06 bits per heavy atom. The van der Waals surface area contributed by atoms with E-state index in [1.54, 1.807) is 0 Å². The molecule has 16 heavy (non-hydrogen) atoms. The zero-order valence-electron chi connectivity index (χ0n) is 8.73. The van der Waals surface area contributed by atoms with Gasteiger partial charge in [0, 0.05) is 31.0 Å². The Bertz CT molecular complexity index is 500. The summed E-state index contributed by atoms with van der Waals surface area (Å²) in [5, 5.41) is 0. The number of benzene rings is 1. The minimum atomic E-state index is -0.423. The molecule has 0 N–H and O–H groups in total. The predicted molar refractivity (Wildman–Crippen MR) is 60.5 cm³/mol. The molecular formula is C13H11FN2. The third kappa shape index (κ3) is 1.54. The van der Waals surface area contributed by atoms with E-state index >= 15 is 0 Å². The molecule has 2 heterocycles. The fourth-order valence-corrected chi connectivity index (χ4v) is 2.10. The van der Waals surface area contributed by atoms with Crippen LogP contribution in [0.25, 0.3) is 0 Å². The summed E-state index contributed by atoms with van der Waals surface area (Å²) < 4.78 is 13.0. The van der Waals surface area contributed by atoms with Crippen LogP contribution in [0.2, 0.25) is 0 Å². The van der Waals surface area contributed by atoms with E-state index in [0.717, 1.165) is 18.8 Å². The van der Waals surface area contributed by atoms with Gasteiger partial charge in [0.15, 0.2) is 0 Å². The number of rotatable bonds is 1. The van der Waals surface area contributed by atoms with Gasteiger partial charge in [0.05, 0.1) is 0 Å². The molecule has 0 fully saturated rings. The fourth-order valence-electron chi connectivity index (χ4n) is 2.10. The van der Waals surface area contributed by atoms with Crippen LogP contribution in [0.1, 0.15) is 11.1 Å². The van der Waals surface area contributed by atoms with E-state index in [9.17, 15) is 4.39 Å². The van der Waals surface area contributed by atoms with Crippen molar-refractivity contribution in [1.82, 2.24) is 4.98 Å². The summed E-state index contributed by atoms with van der Waals surface area (Å²) in [6.45, 7) is 1.69. The van der Waals surface area contributed by atoms with Gasteiger partial charge in [-0.1, -0.05) is 24.3 Å². The van der Waals surface area contributed by atoms with Crippen molar-refractivity contribution in [3.05, 3.63) is 59.7 Å². The summed E-state index contributed by atoms with van der Waals surface area (Å²) >= 11 is 0. The smallest absolute Gasteiger partial charge is 0.214 e. The monoisotopic (exact) mass is 214 g/mol. The number of hydrogen-bond acceptors (Lipinski definition) is 2. The molecule has 1 aromatic heterocycles. The summed E-state index contributed by atoms with van der Waals surface area (Å²) in [4.78, 5) is 5.72. The Morgan fingerprint density at radius 3 is 2.38 bits per heavy atom. The molecule has 3 rings (SSSR count). The first-order valence-electron chi connectivity index (χ1n) is 5.26. The Morgan fingerprint density at radius 2 is 1.75 bits per heavy atom. The third-order valence-electron chi connectivity index (χ3n) is 2.92. The maximum Gasteiger partial charge on any atom is 0.214 e. The number of halogens is 1. The molecule has 0 radical (unpaired) electrons. The van der Waals surface area contributed by atoms with Crippen LogP contribution < -0.4 is 4.90 Å². The average Bonchev–Trinajstić information content (AvgIpc) is 2.72. The van der Waals surface area contributed by atoms with Crippen molar-refractivity contribution in [2.24, 2.45) is 0 Å². The summed E-state index contributed by atoms with van der Waals surface area (Å²) in [6.07, 6.45) is 1.51. The number of aromatic nitrogens is 1. The predicted octanol–water partition coefficient (Wildman–Crippen LogP) is 2.74. The summed E-state index contributed by atoms with van der Waals surface area (Å²) in [5.41, 5.74) is 3.53. The molecule has 0 saturated carbocycles. The van der Waals surface area contributed by atoms with Gasteiger partial charge in [-0.25, -0.2) is 4.98 Å². The van der Waals surface area contributed by atoms with Crippen LogP contribution in [0.3, 0.4) is 0 Å². The van der Waals surface area contributed by atoms with Gasteiger partial charge in [-0.2, -0.15) is 4.39 Å². The molecular weight excluding hydrogens is 203 g/mol. The summed E-state index contributed by atoms with van der Waals surface area (Å²) in [7, 11) is 0. The topological polar surface area (TPSA) is 16.1 Å². The minimum Gasteiger partial charge on any atom is -0.363 e. The highest BCUT2D eigenvalue weighted by Crippen LogP contribution is 2.27. The van der Waals surface area contributed by atoms with Crippen LogP contribution in [0, 0.1) is 5.95 Å². The average molecular weight is 214 g/mol. The number of anilines is 1. The molecule has 1 aliphatic rings. The molecule has 0 unspecified atom stereocenters. The van der Waals surface area contributed by atoms with E-state index in [0.29, 0.717) is 0 Å². The molecule has 0 saturated heterocycles. The second-order valence-corrected chi connectivity index (χ2v) is 3.96. The standard InChI is InChI=1S/C13H11FN2/c14-13-7-12(5-6-15-13)16-8-10-3-1-2-4-11(10)9-16/h1-7H,8-9H2. The van der Waals surface area contributed by atoms with Gasteiger partial charge in [-0.15, -0.1) is 0 Å². The first-order chi connectivity index (χ1) is 7.83. The van der Waals surface area contributed by atoms with Crippen LogP contribution in [-0.2, 0) is 13.1 Å². The Balaban J connectivity index is 1.91. The molecule has 3 heteroatoms. The van der Waals surface area contributed by atoms with Gasteiger partial charge in [0.25, 0.3) is 0 Å². The van der Waals surface area contributed by atoms with E-state index in [1.165, 1.54) is 23.4 Å². The highest BCUT2D eigenvalue weighted by molar-refractivity contribution is 5.50. The van der Waals surface area contributed by atoms with E-state index < -0.39 is 5.95 Å². The lowest BCUT2D eigenvalue weighted by atomic mass is 10.1. The largest absolute Gasteiger partial charge is 0.363 e. The van der Waals surface area contributed by atoms with Crippen LogP contribution in [0.5, 0.6) is 0 Å². The minimum absolute atomic E-state index is 0.423. The van der Waals surface area contributed by atoms with Crippen molar-refractivity contribution in [3.8, 4) is 0 Å². The third-order valence-corrected chi connectivity index (χ3v) is 2.92. The second kappa shape index (κ2) is 3.59. The van der Waals surface area contributed by atoms with Crippen molar-refractivity contribution < 1.29 is 4.39 Å². The van der Waals surface area contributed by atoms with Gasteiger partial charge in [-0.05, 0) is 17.2 Å². The van der Waals surface area contributed by atoms with Crippen molar-refractivity contribution >= 4 is 5.69 Å². The second-order valence-electron chi connectivity index (χ2n) is 3.96. The van der Waals surface area contributed by atoms with Crippen LogP contribution in [0.4, 0.5) is 10.1 Å². The van der Waals surface area contributed by atoms with Crippen LogP contribution in [-0.4, -0.2) is 4.98 Å². The number of pyridine rings is 1. The van der Waals surface area contributed by atoms with Crippen molar-refractivity contribution in [2.75, 3.05) is 4.90 Å².